The molecule has 1 aliphatic heterocycles. The molecule has 1 aromatic carbocycles. The van der Waals surface area contributed by atoms with Crippen LogP contribution in [-0.4, -0.2) is 23.6 Å². The number of hydrogen-bond donors (Lipinski definition) is 1. The number of halogens is 2. The molecule has 5 heteroatoms. The van der Waals surface area contributed by atoms with Crippen LogP contribution in [0.5, 0.6) is 0 Å². The molecule has 2 rings (SSSR count). The average molecular weight is 300 g/mol. The number of hydrogen-bond acceptors (Lipinski definition) is 2. The fraction of sp³-hybridized carbons (Fsp3) is 0.357. The Bertz CT molecular complexity index is 540. The van der Waals surface area contributed by atoms with Crippen molar-refractivity contribution in [3.05, 3.63) is 40.6 Å². The van der Waals surface area contributed by atoms with Crippen molar-refractivity contribution in [2.45, 2.75) is 26.3 Å². The predicted molar refractivity (Wildman–Crippen MR) is 81.7 cm³/mol. The van der Waals surface area contributed by atoms with Crippen LogP contribution < -0.4 is 4.48 Å². The highest BCUT2D eigenvalue weighted by Gasteiger charge is 2.42. The third-order valence-corrected chi connectivity index (χ3v) is 3.95. The summed E-state index contributed by atoms with van der Waals surface area (Å²) in [5.74, 6) is 0.890. The zero-order valence-electron chi connectivity index (χ0n) is 11.0. The SMILES string of the molecule is CC(C)[N+]1(c2ccc(Cl)cc2Cl)C=CN=C1CCO. The summed E-state index contributed by atoms with van der Waals surface area (Å²) in [6, 6.07) is 5.72. The van der Waals surface area contributed by atoms with E-state index in [-0.39, 0.29) is 12.6 Å². The summed E-state index contributed by atoms with van der Waals surface area (Å²) in [5, 5.41) is 10.4. The number of rotatable bonds is 4. The van der Waals surface area contributed by atoms with Gasteiger partial charge >= 0.3 is 0 Å². The van der Waals surface area contributed by atoms with E-state index in [0.717, 1.165) is 11.5 Å². The maximum atomic E-state index is 9.23. The number of nitrogens with zero attached hydrogens (tertiary/aromatic N) is 2. The van der Waals surface area contributed by atoms with Crippen molar-refractivity contribution in [2.75, 3.05) is 6.61 Å². The van der Waals surface area contributed by atoms with Gasteiger partial charge in [-0.05, 0) is 26.0 Å². The molecule has 0 aliphatic carbocycles. The largest absolute Gasteiger partial charge is 0.396 e. The smallest absolute Gasteiger partial charge is 0.215 e. The topological polar surface area (TPSA) is 32.6 Å². The summed E-state index contributed by atoms with van der Waals surface area (Å²) in [4.78, 5) is 4.40. The minimum absolute atomic E-state index is 0.0679. The number of aliphatic hydroxyl groups is 1. The second-order valence-electron chi connectivity index (χ2n) is 4.78. The first kappa shape index (κ1) is 14.5. The minimum Gasteiger partial charge on any atom is -0.396 e. The molecule has 1 aliphatic rings. The van der Waals surface area contributed by atoms with Gasteiger partial charge in [0, 0.05) is 11.1 Å². The molecule has 102 valence electrons. The standard InChI is InChI=1S/C14H17Cl2N2O/c1-10(2)18(7-6-17-14(18)5-8-19)13-4-3-11(15)9-12(13)16/h3-4,6-7,9-10,19H,5,8H2,1-2H3/q+1. The van der Waals surface area contributed by atoms with E-state index < -0.39 is 0 Å². The van der Waals surface area contributed by atoms with Gasteiger partial charge in [-0.25, -0.2) is 9.48 Å². The Morgan fingerprint density at radius 2 is 2.05 bits per heavy atom. The summed E-state index contributed by atoms with van der Waals surface area (Å²) >= 11 is 12.3. The van der Waals surface area contributed by atoms with E-state index in [2.05, 4.69) is 18.8 Å². The van der Waals surface area contributed by atoms with Crippen LogP contribution in [0.25, 0.3) is 0 Å². The number of aliphatic hydroxyl groups excluding tert-OH is 1. The Hall–Kier alpha value is -0.870. The molecule has 19 heavy (non-hydrogen) atoms. The molecule has 1 atom stereocenters. The quantitative estimate of drug-likeness (QED) is 0.838. The molecule has 3 nitrogen and oxygen atoms in total. The lowest BCUT2D eigenvalue weighted by molar-refractivity contribution is 0.300. The summed E-state index contributed by atoms with van der Waals surface area (Å²) in [7, 11) is 0. The average Bonchev–Trinajstić information content (AvgIpc) is 2.74. The summed E-state index contributed by atoms with van der Waals surface area (Å²) in [6.07, 6.45) is 4.30. The van der Waals surface area contributed by atoms with Gasteiger partial charge in [0.05, 0.1) is 25.3 Å². The van der Waals surface area contributed by atoms with Crippen molar-refractivity contribution in [3.63, 3.8) is 0 Å². The van der Waals surface area contributed by atoms with Crippen LogP contribution in [-0.2, 0) is 0 Å². The summed E-state index contributed by atoms with van der Waals surface area (Å²) in [6.45, 7) is 4.28. The first-order chi connectivity index (χ1) is 9.02. The van der Waals surface area contributed by atoms with Crippen LogP contribution in [0.3, 0.4) is 0 Å². The van der Waals surface area contributed by atoms with Crippen molar-refractivity contribution >= 4 is 34.7 Å². The van der Waals surface area contributed by atoms with Gasteiger partial charge in [0.1, 0.15) is 11.2 Å². The third-order valence-electron chi connectivity index (χ3n) is 3.41. The van der Waals surface area contributed by atoms with Gasteiger partial charge in [-0.15, -0.1) is 0 Å². The van der Waals surface area contributed by atoms with Crippen LogP contribution in [0.2, 0.25) is 10.0 Å². The van der Waals surface area contributed by atoms with E-state index in [1.54, 1.807) is 12.3 Å². The highest BCUT2D eigenvalue weighted by Crippen LogP contribution is 2.39. The molecule has 1 aromatic rings. The third kappa shape index (κ3) is 2.43. The number of amidine groups is 1. The zero-order valence-corrected chi connectivity index (χ0v) is 12.5. The molecule has 0 radical (unpaired) electrons. The van der Waals surface area contributed by atoms with E-state index in [4.69, 9.17) is 23.2 Å². The van der Waals surface area contributed by atoms with Crippen molar-refractivity contribution in [3.8, 4) is 0 Å². The maximum Gasteiger partial charge on any atom is 0.215 e. The Labute approximate surface area is 123 Å². The Kier molecular flexibility index (Phi) is 4.31. The molecular formula is C14H17Cl2N2O+. The fourth-order valence-electron chi connectivity index (χ4n) is 2.50. The molecule has 0 saturated heterocycles. The van der Waals surface area contributed by atoms with Crippen molar-refractivity contribution in [2.24, 2.45) is 4.99 Å². The van der Waals surface area contributed by atoms with Crippen molar-refractivity contribution in [1.29, 1.82) is 0 Å². The lowest BCUT2D eigenvalue weighted by Gasteiger charge is -2.36. The van der Waals surface area contributed by atoms with Gasteiger partial charge in [0.15, 0.2) is 5.69 Å². The van der Waals surface area contributed by atoms with E-state index in [1.165, 1.54) is 0 Å². The van der Waals surface area contributed by atoms with Gasteiger partial charge in [0.25, 0.3) is 0 Å². The zero-order chi connectivity index (χ0) is 14.0. The van der Waals surface area contributed by atoms with Gasteiger partial charge in [0.2, 0.25) is 5.84 Å². The molecule has 0 amide bonds. The van der Waals surface area contributed by atoms with Crippen LogP contribution in [0.15, 0.2) is 35.6 Å². The van der Waals surface area contributed by atoms with Gasteiger partial charge in [-0.1, -0.05) is 23.2 Å². The molecule has 0 bridgehead atoms. The summed E-state index contributed by atoms with van der Waals surface area (Å²) < 4.78 is 0.441. The Morgan fingerprint density at radius 1 is 1.32 bits per heavy atom. The Balaban J connectivity index is 2.57. The van der Waals surface area contributed by atoms with Crippen LogP contribution in [0, 0.1) is 0 Å². The first-order valence-electron chi connectivity index (χ1n) is 6.22. The van der Waals surface area contributed by atoms with Gasteiger partial charge in [-0.2, -0.15) is 0 Å². The van der Waals surface area contributed by atoms with Gasteiger partial charge < -0.3 is 5.11 Å². The summed E-state index contributed by atoms with van der Waals surface area (Å²) in [5.41, 5.74) is 0.932. The molecular weight excluding hydrogens is 283 g/mol. The maximum absolute atomic E-state index is 9.23. The predicted octanol–water partition coefficient (Wildman–Crippen LogP) is 3.97. The molecule has 1 N–H and O–H groups in total. The molecule has 1 unspecified atom stereocenters. The van der Waals surface area contributed by atoms with E-state index >= 15 is 0 Å². The highest BCUT2D eigenvalue weighted by atomic mass is 35.5. The first-order valence-corrected chi connectivity index (χ1v) is 6.98. The monoisotopic (exact) mass is 299 g/mol. The second kappa shape index (κ2) is 5.63. The van der Waals surface area contributed by atoms with Crippen molar-refractivity contribution in [1.82, 2.24) is 4.48 Å². The molecule has 0 fully saturated rings. The highest BCUT2D eigenvalue weighted by molar-refractivity contribution is 6.36. The Morgan fingerprint density at radius 3 is 2.63 bits per heavy atom. The molecule has 0 spiro atoms. The minimum atomic E-state index is 0.0679. The van der Waals surface area contributed by atoms with Crippen LogP contribution >= 0.6 is 23.2 Å². The number of aliphatic imine (C=N–C) groups is 1. The number of benzene rings is 1. The van der Waals surface area contributed by atoms with Gasteiger partial charge in [-0.3, -0.25) is 0 Å². The lowest BCUT2D eigenvalue weighted by Crippen LogP contribution is -2.53. The second-order valence-corrected chi connectivity index (χ2v) is 5.63. The van der Waals surface area contributed by atoms with Crippen LogP contribution in [0.1, 0.15) is 20.3 Å². The van der Waals surface area contributed by atoms with E-state index in [0.29, 0.717) is 20.9 Å². The molecule has 1 heterocycles. The van der Waals surface area contributed by atoms with Crippen molar-refractivity contribution < 1.29 is 5.11 Å². The lowest BCUT2D eigenvalue weighted by atomic mass is 10.1. The normalized spacial score (nSPS) is 22.1. The van der Waals surface area contributed by atoms with E-state index in [1.807, 2.05) is 18.3 Å². The fourth-order valence-corrected chi connectivity index (χ4v) is 3.05. The van der Waals surface area contributed by atoms with Crippen LogP contribution in [0.4, 0.5) is 5.69 Å². The number of quaternary nitrogens is 1. The van der Waals surface area contributed by atoms with E-state index in [9.17, 15) is 5.11 Å². The molecule has 0 saturated carbocycles. The molecule has 0 aromatic heterocycles.